The van der Waals surface area contributed by atoms with Gasteiger partial charge in [-0.2, -0.15) is 0 Å². The van der Waals surface area contributed by atoms with Crippen molar-refractivity contribution in [2.75, 3.05) is 17.6 Å². The summed E-state index contributed by atoms with van der Waals surface area (Å²) in [5, 5.41) is 3.43. The van der Waals surface area contributed by atoms with Gasteiger partial charge in [-0.3, -0.25) is 0 Å². The van der Waals surface area contributed by atoms with Gasteiger partial charge in [-0.1, -0.05) is 17.7 Å². The first-order chi connectivity index (χ1) is 6.11. The zero-order chi connectivity index (χ0) is 9.47. The lowest BCUT2D eigenvalue weighted by Crippen LogP contribution is -2.23. The number of para-hydroxylation sites is 1. The van der Waals surface area contributed by atoms with Gasteiger partial charge in [0, 0.05) is 6.54 Å². The van der Waals surface area contributed by atoms with E-state index in [0.717, 1.165) is 0 Å². The van der Waals surface area contributed by atoms with Gasteiger partial charge in [0.15, 0.2) is 9.84 Å². The van der Waals surface area contributed by atoms with Crippen LogP contribution in [0.5, 0.6) is 0 Å². The molecule has 0 radical (unpaired) electrons. The van der Waals surface area contributed by atoms with E-state index >= 15 is 0 Å². The molecular weight excluding hydrogens is 210 g/mol. The van der Waals surface area contributed by atoms with Gasteiger partial charge in [-0.05, 0) is 12.1 Å². The number of anilines is 1. The average Bonchev–Trinajstić information content (AvgIpc) is 2.06. The third-order valence-corrected chi connectivity index (χ3v) is 4.05. The summed E-state index contributed by atoms with van der Waals surface area (Å²) >= 11 is 5.84. The normalized spacial score (nSPS) is 18.8. The molecule has 0 amide bonds. The Balaban J connectivity index is 2.73. The molecule has 1 aliphatic heterocycles. The molecule has 0 aromatic heterocycles. The highest BCUT2D eigenvalue weighted by atomic mass is 35.5. The maximum absolute atomic E-state index is 11.5. The molecule has 1 aromatic rings. The first-order valence-electron chi connectivity index (χ1n) is 3.86. The maximum atomic E-state index is 11.5. The van der Waals surface area contributed by atoms with Crippen LogP contribution in [0.2, 0.25) is 5.02 Å². The Labute approximate surface area is 81.6 Å². The van der Waals surface area contributed by atoms with Crippen molar-refractivity contribution >= 4 is 27.1 Å². The Morgan fingerprint density at radius 3 is 2.85 bits per heavy atom. The third-order valence-electron chi connectivity index (χ3n) is 1.98. The minimum Gasteiger partial charge on any atom is -0.382 e. The Bertz CT molecular complexity index is 441. The molecule has 70 valence electrons. The van der Waals surface area contributed by atoms with E-state index in [-0.39, 0.29) is 5.75 Å². The summed E-state index contributed by atoms with van der Waals surface area (Å²) < 4.78 is 23.1. The number of sulfone groups is 1. The number of hydrogen-bond acceptors (Lipinski definition) is 3. The topological polar surface area (TPSA) is 46.2 Å². The van der Waals surface area contributed by atoms with E-state index in [1.54, 1.807) is 18.2 Å². The lowest BCUT2D eigenvalue weighted by molar-refractivity contribution is 0.595. The monoisotopic (exact) mass is 217 g/mol. The standard InChI is InChI=1S/C8H8ClNO2S/c9-6-2-1-3-7-8(6)10-4-5-13(7,11)12/h1-3,10H,4-5H2. The summed E-state index contributed by atoms with van der Waals surface area (Å²) in [6, 6.07) is 4.89. The number of hydrogen-bond donors (Lipinski definition) is 1. The third kappa shape index (κ3) is 1.40. The van der Waals surface area contributed by atoms with Crippen molar-refractivity contribution < 1.29 is 8.42 Å². The summed E-state index contributed by atoms with van der Waals surface area (Å²) in [7, 11) is -3.11. The van der Waals surface area contributed by atoms with Gasteiger partial charge in [0.25, 0.3) is 0 Å². The second-order valence-corrected chi connectivity index (χ2v) is 5.34. The van der Waals surface area contributed by atoms with Crippen LogP contribution in [-0.4, -0.2) is 20.7 Å². The van der Waals surface area contributed by atoms with E-state index in [0.29, 0.717) is 22.2 Å². The molecule has 0 aliphatic carbocycles. The molecule has 5 heteroatoms. The molecule has 13 heavy (non-hydrogen) atoms. The molecule has 0 unspecified atom stereocenters. The fraction of sp³-hybridized carbons (Fsp3) is 0.250. The molecule has 2 rings (SSSR count). The van der Waals surface area contributed by atoms with Crippen molar-refractivity contribution in [3.8, 4) is 0 Å². The number of rotatable bonds is 0. The predicted molar refractivity (Wildman–Crippen MR) is 52.0 cm³/mol. The van der Waals surface area contributed by atoms with Gasteiger partial charge >= 0.3 is 0 Å². The van der Waals surface area contributed by atoms with Crippen LogP contribution < -0.4 is 5.32 Å². The first kappa shape index (κ1) is 8.84. The molecule has 3 nitrogen and oxygen atoms in total. The van der Waals surface area contributed by atoms with Crippen molar-refractivity contribution in [3.63, 3.8) is 0 Å². The van der Waals surface area contributed by atoms with E-state index in [2.05, 4.69) is 5.32 Å². The zero-order valence-electron chi connectivity index (χ0n) is 6.75. The van der Waals surface area contributed by atoms with Crippen LogP contribution in [0.4, 0.5) is 5.69 Å². The van der Waals surface area contributed by atoms with E-state index in [1.165, 1.54) is 0 Å². The van der Waals surface area contributed by atoms with Crippen molar-refractivity contribution in [1.82, 2.24) is 0 Å². The van der Waals surface area contributed by atoms with Crippen LogP contribution in [0.25, 0.3) is 0 Å². The molecule has 1 aromatic carbocycles. The molecule has 1 heterocycles. The summed E-state index contributed by atoms with van der Waals surface area (Å²) in [4.78, 5) is 0.311. The minimum absolute atomic E-state index is 0.139. The number of benzene rings is 1. The fourth-order valence-electron chi connectivity index (χ4n) is 1.36. The molecule has 0 fully saturated rings. The van der Waals surface area contributed by atoms with Crippen molar-refractivity contribution in [3.05, 3.63) is 23.2 Å². The second kappa shape index (κ2) is 2.89. The van der Waals surface area contributed by atoms with Crippen LogP contribution in [0.3, 0.4) is 0 Å². The van der Waals surface area contributed by atoms with E-state index in [1.807, 2.05) is 0 Å². The van der Waals surface area contributed by atoms with E-state index < -0.39 is 9.84 Å². The van der Waals surface area contributed by atoms with Crippen molar-refractivity contribution in [1.29, 1.82) is 0 Å². The van der Waals surface area contributed by atoms with Gasteiger partial charge < -0.3 is 5.32 Å². The predicted octanol–water partition coefficient (Wildman–Crippen LogP) is 1.54. The maximum Gasteiger partial charge on any atom is 0.182 e. The lowest BCUT2D eigenvalue weighted by atomic mass is 10.3. The van der Waals surface area contributed by atoms with Gasteiger partial charge in [-0.25, -0.2) is 8.42 Å². The van der Waals surface area contributed by atoms with Gasteiger partial charge in [-0.15, -0.1) is 0 Å². The van der Waals surface area contributed by atoms with Gasteiger partial charge in [0.2, 0.25) is 0 Å². The molecule has 0 bridgehead atoms. The second-order valence-electron chi connectivity index (χ2n) is 2.86. The Kier molecular flexibility index (Phi) is 1.96. The summed E-state index contributed by atoms with van der Waals surface area (Å²) in [6.07, 6.45) is 0. The van der Waals surface area contributed by atoms with Crippen molar-refractivity contribution in [2.24, 2.45) is 0 Å². The summed E-state index contributed by atoms with van der Waals surface area (Å²) in [5.74, 6) is 0.139. The van der Waals surface area contributed by atoms with Gasteiger partial charge in [0.1, 0.15) is 0 Å². The van der Waals surface area contributed by atoms with Crippen LogP contribution in [0.15, 0.2) is 23.1 Å². The lowest BCUT2D eigenvalue weighted by Gasteiger charge is -2.18. The molecule has 1 aliphatic rings. The Morgan fingerprint density at radius 2 is 2.15 bits per heavy atom. The molecule has 0 saturated heterocycles. The molecule has 0 spiro atoms. The highest BCUT2D eigenvalue weighted by molar-refractivity contribution is 7.91. The number of halogens is 1. The van der Waals surface area contributed by atoms with E-state index in [4.69, 9.17) is 11.6 Å². The summed E-state index contributed by atoms with van der Waals surface area (Å²) in [5.41, 5.74) is 0.537. The Morgan fingerprint density at radius 1 is 1.38 bits per heavy atom. The van der Waals surface area contributed by atoms with Crippen LogP contribution in [0.1, 0.15) is 0 Å². The van der Waals surface area contributed by atoms with Crippen LogP contribution in [0, 0.1) is 0 Å². The van der Waals surface area contributed by atoms with Crippen molar-refractivity contribution in [2.45, 2.75) is 4.90 Å². The molecule has 0 saturated carbocycles. The SMILES string of the molecule is O=S1(=O)CCNc2c(Cl)cccc21. The number of nitrogens with one attached hydrogen (secondary N) is 1. The number of fused-ring (bicyclic) bond motifs is 1. The highest BCUT2D eigenvalue weighted by Crippen LogP contribution is 2.32. The summed E-state index contributed by atoms with van der Waals surface area (Å²) in [6.45, 7) is 0.430. The average molecular weight is 218 g/mol. The molecule has 0 atom stereocenters. The fourth-order valence-corrected chi connectivity index (χ4v) is 3.02. The zero-order valence-corrected chi connectivity index (χ0v) is 8.32. The first-order valence-corrected chi connectivity index (χ1v) is 5.89. The smallest absolute Gasteiger partial charge is 0.182 e. The Hall–Kier alpha value is -0.740. The van der Waals surface area contributed by atoms with Crippen LogP contribution in [-0.2, 0) is 9.84 Å². The molecule has 1 N–H and O–H groups in total. The quantitative estimate of drug-likeness (QED) is 0.717. The largest absolute Gasteiger partial charge is 0.382 e. The minimum atomic E-state index is -3.11. The molecular formula is C8H8ClNO2S. The van der Waals surface area contributed by atoms with Crippen LogP contribution >= 0.6 is 11.6 Å². The van der Waals surface area contributed by atoms with E-state index in [9.17, 15) is 8.42 Å². The highest BCUT2D eigenvalue weighted by Gasteiger charge is 2.24. The van der Waals surface area contributed by atoms with Gasteiger partial charge in [0.05, 0.1) is 21.4 Å².